The van der Waals surface area contributed by atoms with Crippen molar-refractivity contribution in [1.82, 2.24) is 0 Å². The molecule has 0 aliphatic rings. The Hall–Kier alpha value is -0.513. The van der Waals surface area contributed by atoms with Gasteiger partial charge in [0.05, 0.1) is 26.7 Å². The van der Waals surface area contributed by atoms with E-state index in [2.05, 4.69) is 31.9 Å². The van der Waals surface area contributed by atoms with Gasteiger partial charge < -0.3 is 19.2 Å². The van der Waals surface area contributed by atoms with Gasteiger partial charge in [-0.05, 0) is 109 Å². The van der Waals surface area contributed by atoms with E-state index in [1.54, 1.807) is 37.4 Å². The Balaban J connectivity index is 0.000000305. The molecule has 0 amide bonds. The minimum Gasteiger partial charge on any atom is -0.535 e. The van der Waals surface area contributed by atoms with Gasteiger partial charge in [0.15, 0.2) is 5.75 Å². The molecule has 13 heteroatoms. The van der Waals surface area contributed by atoms with Crippen LogP contribution < -0.4 is 14.1 Å². The average molecular weight is 1040 g/mol. The summed E-state index contributed by atoms with van der Waals surface area (Å²) in [6.45, 7) is 0. The van der Waals surface area contributed by atoms with E-state index in [1.165, 1.54) is 31.4 Å². The normalized spacial score (nSPS) is 9.59. The van der Waals surface area contributed by atoms with Gasteiger partial charge in [-0.15, -0.1) is 0 Å². The van der Waals surface area contributed by atoms with E-state index in [0.717, 1.165) is 8.95 Å². The van der Waals surface area contributed by atoms with Gasteiger partial charge in [0.2, 0.25) is 0 Å². The van der Waals surface area contributed by atoms with Crippen LogP contribution in [-0.4, -0.2) is 26.9 Å². The van der Waals surface area contributed by atoms with Gasteiger partial charge >= 0.3 is 7.69 Å². The largest absolute Gasteiger partial charge is 0.569 e. The van der Waals surface area contributed by atoms with Crippen LogP contribution in [0.25, 0.3) is 11.1 Å². The van der Waals surface area contributed by atoms with Crippen molar-refractivity contribution in [3.05, 3.63) is 107 Å². The molecule has 0 heterocycles. The summed E-state index contributed by atoms with van der Waals surface area (Å²) in [5.41, 5.74) is 1.09. The molecule has 0 aliphatic carbocycles. The molecular formula is C26H19BBr2Cl2F2IO4U. The Labute approximate surface area is 290 Å². The average Bonchev–Trinajstić information content (AvgIpc) is 2.89. The van der Waals surface area contributed by atoms with E-state index >= 15 is 0 Å². The van der Waals surface area contributed by atoms with Crippen molar-refractivity contribution in [3.63, 3.8) is 0 Å². The number of methoxy groups -OCH3 is 2. The standard InChI is InChI=1S/C13H9BrClFO.C7H7BBrO3.C6H3ClFI.U/c1-17-13-9(3-2-4-11(13)14)10-7-8(15)5-6-12(10)16;1-11-7-5(9)3-2-4-6(7)12-8-10;7-4-1-2-5(8)6(9)3-4;/h2-7H,1H3;2-4,10H,1H3;1-3H;. The molecule has 4 nitrogen and oxygen atoms in total. The number of hydrogen-bond donors (Lipinski definition) is 1. The van der Waals surface area contributed by atoms with Gasteiger partial charge in [0, 0.05) is 52.3 Å². The van der Waals surface area contributed by atoms with E-state index in [0.29, 0.717) is 49.7 Å². The molecule has 4 aromatic rings. The van der Waals surface area contributed by atoms with Crippen LogP contribution in [0.5, 0.6) is 17.2 Å². The molecule has 4 rings (SSSR count). The van der Waals surface area contributed by atoms with Crippen molar-refractivity contribution in [2.24, 2.45) is 0 Å². The summed E-state index contributed by atoms with van der Waals surface area (Å²) in [6.07, 6.45) is 0. The van der Waals surface area contributed by atoms with Crippen LogP contribution in [0.4, 0.5) is 8.78 Å². The number of benzene rings is 4. The van der Waals surface area contributed by atoms with Crippen LogP contribution in [0.2, 0.25) is 10.0 Å². The molecule has 0 aromatic heterocycles. The fourth-order valence-electron chi connectivity index (χ4n) is 2.94. The van der Waals surface area contributed by atoms with Gasteiger partial charge in [-0.25, -0.2) is 8.78 Å². The molecule has 0 saturated heterocycles. The molecule has 0 fully saturated rings. The molecule has 0 unspecified atom stereocenters. The Morgan fingerprint density at radius 2 is 1.31 bits per heavy atom. The molecule has 0 saturated carbocycles. The van der Waals surface area contributed by atoms with Crippen LogP contribution in [-0.2, 0) is 0 Å². The van der Waals surface area contributed by atoms with Gasteiger partial charge in [-0.2, -0.15) is 0 Å². The van der Waals surface area contributed by atoms with Crippen LogP contribution in [0, 0.1) is 46.3 Å². The first-order valence-corrected chi connectivity index (χ1v) is 13.9. The van der Waals surface area contributed by atoms with E-state index in [1.807, 2.05) is 40.8 Å². The Bertz CT molecular complexity index is 1380. The quantitative estimate of drug-likeness (QED) is 0.123. The van der Waals surface area contributed by atoms with Gasteiger partial charge in [-0.1, -0.05) is 41.4 Å². The maximum atomic E-state index is 13.8. The topological polar surface area (TPSA) is 47.9 Å². The first-order valence-electron chi connectivity index (χ1n) is 10.5. The van der Waals surface area contributed by atoms with Crippen molar-refractivity contribution >= 4 is 85.3 Å². The number of ether oxygens (including phenoxy) is 2. The Kier molecular flexibility index (Phi) is 17.6. The fraction of sp³-hybridized carbons (Fsp3) is 0.0769. The minimum atomic E-state index is -0.328. The molecule has 39 heavy (non-hydrogen) atoms. The zero-order valence-electron chi connectivity index (χ0n) is 20.3. The molecular weight excluding hydrogens is 1020 g/mol. The van der Waals surface area contributed by atoms with Crippen molar-refractivity contribution < 1.29 is 59.0 Å². The monoisotopic (exact) mass is 1040 g/mol. The first kappa shape index (κ1) is 36.5. The Morgan fingerprint density at radius 1 is 0.769 bits per heavy atom. The molecule has 4 aromatic carbocycles. The third-order valence-corrected chi connectivity index (χ3v) is 7.13. The second kappa shape index (κ2) is 18.8. The van der Waals surface area contributed by atoms with Crippen LogP contribution in [0.3, 0.4) is 0 Å². The third kappa shape index (κ3) is 11.4. The van der Waals surface area contributed by atoms with Crippen molar-refractivity contribution in [3.8, 4) is 28.4 Å². The van der Waals surface area contributed by atoms with Crippen LogP contribution >= 0.6 is 77.7 Å². The first-order chi connectivity index (χ1) is 18.1. The van der Waals surface area contributed by atoms with E-state index in [9.17, 15) is 8.78 Å². The maximum absolute atomic E-state index is 13.8. The van der Waals surface area contributed by atoms with Gasteiger partial charge in [-0.3, -0.25) is 0 Å². The summed E-state index contributed by atoms with van der Waals surface area (Å²) in [5, 5.41) is 9.47. The Morgan fingerprint density at radius 3 is 1.85 bits per heavy atom. The van der Waals surface area contributed by atoms with Crippen molar-refractivity contribution in [2.75, 3.05) is 14.2 Å². The summed E-state index contributed by atoms with van der Waals surface area (Å²) < 4.78 is 43.4. The van der Waals surface area contributed by atoms with E-state index < -0.39 is 0 Å². The minimum absolute atomic E-state index is 0. The van der Waals surface area contributed by atoms with Crippen LogP contribution in [0.15, 0.2) is 81.7 Å². The molecule has 0 bridgehead atoms. The summed E-state index contributed by atoms with van der Waals surface area (Å²) in [5.74, 6) is 1.07. The van der Waals surface area contributed by atoms with E-state index in [4.69, 9.17) is 42.4 Å². The molecule has 0 aliphatic heterocycles. The third-order valence-electron chi connectivity index (χ3n) is 4.59. The summed E-state index contributed by atoms with van der Waals surface area (Å²) in [6, 6.07) is 19.7. The predicted molar refractivity (Wildman–Crippen MR) is 165 cm³/mol. The summed E-state index contributed by atoms with van der Waals surface area (Å²) in [7, 11) is 3.70. The van der Waals surface area contributed by atoms with Crippen molar-refractivity contribution in [2.45, 2.75) is 0 Å². The number of hydrogen-bond acceptors (Lipinski definition) is 4. The van der Waals surface area contributed by atoms with Crippen molar-refractivity contribution in [1.29, 1.82) is 0 Å². The zero-order chi connectivity index (χ0) is 28.2. The summed E-state index contributed by atoms with van der Waals surface area (Å²) >= 11 is 20.0. The molecule has 203 valence electrons. The fourth-order valence-corrected chi connectivity index (χ4v) is 5.02. The molecule has 1 radical (unpaired) electrons. The van der Waals surface area contributed by atoms with E-state index in [-0.39, 0.29) is 42.7 Å². The van der Waals surface area contributed by atoms with Gasteiger partial charge in [0.1, 0.15) is 23.1 Å². The number of para-hydroxylation sites is 2. The van der Waals surface area contributed by atoms with Crippen LogP contribution in [0.1, 0.15) is 0 Å². The zero-order valence-corrected chi connectivity index (χ0v) is 31.3. The predicted octanol–water partition coefficient (Wildman–Crippen LogP) is 9.36. The SMILES string of the molecule is COc1c(Br)cccc1-c1cc(Cl)ccc1F.COc1c(Br)cccc1O[B]O.Fc1ccc(Cl)cc1I.[U]. The molecule has 0 atom stereocenters. The summed E-state index contributed by atoms with van der Waals surface area (Å²) in [4.78, 5) is 0. The smallest absolute Gasteiger partial charge is 0.535 e. The maximum Gasteiger partial charge on any atom is 0.569 e. The molecule has 0 spiro atoms. The number of halogens is 7. The number of rotatable bonds is 5. The molecule has 1 N–H and O–H groups in total. The second-order valence-corrected chi connectivity index (χ2v) is 10.7. The second-order valence-electron chi connectivity index (χ2n) is 7.00. The van der Waals surface area contributed by atoms with Gasteiger partial charge in [0.25, 0.3) is 0 Å².